The molecule has 1 aliphatic rings. The molecule has 7 nitrogen and oxygen atoms in total. The van der Waals surface area contributed by atoms with Crippen LogP contribution in [0.1, 0.15) is 49.4 Å². The number of halogens is 3. The Labute approximate surface area is 244 Å². The highest BCUT2D eigenvalue weighted by Gasteiger charge is 2.33. The van der Waals surface area contributed by atoms with Gasteiger partial charge < -0.3 is 23.8 Å². The van der Waals surface area contributed by atoms with Gasteiger partial charge in [0, 0.05) is 41.3 Å². The maximum atomic E-state index is 13.2. The molecule has 4 rings (SSSR count). The van der Waals surface area contributed by atoms with Crippen LogP contribution in [0, 0.1) is 5.92 Å². The lowest BCUT2D eigenvalue weighted by atomic mass is 9.97. The zero-order valence-corrected chi connectivity index (χ0v) is 24.5. The molecule has 0 radical (unpaired) electrons. The van der Waals surface area contributed by atoms with Crippen molar-refractivity contribution in [3.63, 3.8) is 0 Å². The number of carboxylic acid groups (broad SMARTS) is 1. The maximum Gasteiger partial charge on any atom is 0.433 e. The first kappa shape index (κ1) is 31.2. The van der Waals surface area contributed by atoms with Crippen LogP contribution in [0.2, 0.25) is 0 Å². The van der Waals surface area contributed by atoms with Gasteiger partial charge in [-0.3, -0.25) is 0 Å². The van der Waals surface area contributed by atoms with E-state index in [2.05, 4.69) is 19.1 Å². The number of benzene rings is 2. The number of hydrogen-bond donors (Lipinski definition) is 1. The molecule has 0 atom stereocenters. The van der Waals surface area contributed by atoms with Crippen molar-refractivity contribution in [3.8, 4) is 17.2 Å². The molecule has 226 valence electrons. The summed E-state index contributed by atoms with van der Waals surface area (Å²) in [4.78, 5) is 15.6. The van der Waals surface area contributed by atoms with Crippen LogP contribution in [0.25, 0.3) is 17.0 Å². The number of fused-ring (bicyclic) bond motifs is 1. The molecule has 1 N–H and O–H groups in total. The summed E-state index contributed by atoms with van der Waals surface area (Å²) in [5.74, 6) is 0.627. The van der Waals surface area contributed by atoms with E-state index in [-0.39, 0.29) is 23.4 Å². The minimum absolute atomic E-state index is 0.0701. The summed E-state index contributed by atoms with van der Waals surface area (Å²) in [5, 5.41) is 10.2. The topological polar surface area (TPSA) is 77.9 Å². The first-order chi connectivity index (χ1) is 19.9. The minimum atomic E-state index is -4.59. The summed E-state index contributed by atoms with van der Waals surface area (Å²) in [6.45, 7) is 4.79. The van der Waals surface area contributed by atoms with Gasteiger partial charge >= 0.3 is 12.1 Å². The summed E-state index contributed by atoms with van der Waals surface area (Å²) in [6, 6.07) is 11.1. The molecule has 3 aromatic rings. The Bertz CT molecular complexity index is 1440. The summed E-state index contributed by atoms with van der Waals surface area (Å²) >= 11 is 0. The summed E-state index contributed by atoms with van der Waals surface area (Å²) in [7, 11) is 5.78. The second kappa shape index (κ2) is 13.0. The highest BCUT2D eigenvalue weighted by Crippen LogP contribution is 2.35. The summed E-state index contributed by atoms with van der Waals surface area (Å²) in [5.41, 5.74) is 0.750. The number of nitrogens with zero attached hydrogens (tertiary/aromatic N) is 2. The Morgan fingerprint density at radius 2 is 1.81 bits per heavy atom. The second-order valence-electron chi connectivity index (χ2n) is 11.4. The average Bonchev–Trinajstić information content (AvgIpc) is 2.94. The zero-order valence-electron chi connectivity index (χ0n) is 24.5. The molecule has 1 aromatic heterocycles. The molecule has 0 amide bonds. The van der Waals surface area contributed by atoms with E-state index < -0.39 is 17.8 Å². The summed E-state index contributed by atoms with van der Waals surface area (Å²) < 4.78 is 58.2. The van der Waals surface area contributed by atoms with Gasteiger partial charge in [-0.2, -0.15) is 13.2 Å². The number of aromatic nitrogens is 1. The number of ether oxygens (including phenoxy) is 3. The fraction of sp³-hybridized carbons (Fsp3) is 0.438. The highest BCUT2D eigenvalue weighted by molar-refractivity contribution is 5.92. The fourth-order valence-electron chi connectivity index (χ4n) is 5.07. The predicted octanol–water partition coefficient (Wildman–Crippen LogP) is 6.97. The molecule has 0 bridgehead atoms. The van der Waals surface area contributed by atoms with Crippen LogP contribution in [-0.4, -0.2) is 61.4 Å². The quantitative estimate of drug-likeness (QED) is 0.193. The Morgan fingerprint density at radius 3 is 2.45 bits per heavy atom. The van der Waals surface area contributed by atoms with Crippen LogP contribution in [0.4, 0.5) is 13.2 Å². The molecule has 2 aromatic carbocycles. The van der Waals surface area contributed by atoms with Gasteiger partial charge in [-0.25, -0.2) is 9.78 Å². The molecule has 0 saturated carbocycles. The normalized spacial score (nSPS) is 15.9. The standard InChI is InChI=1S/C32H37F3N2O5/c1-5-6-23(31(38)39)16-24-17-25(8-10-28(24)42-19-21-11-13-37(2,3)14-12-21)41-20-22-7-9-27-26(15-22)29(40-4)18-30(36-27)32(33,34)35/h7-10,15-18,21H,5-6,11-14,19-20H2,1-4H3/p+1/b23-16+. The van der Waals surface area contributed by atoms with Gasteiger partial charge in [-0.05, 0) is 48.4 Å². The number of alkyl halides is 3. The molecule has 0 spiro atoms. The zero-order chi connectivity index (χ0) is 30.5. The number of hydrogen-bond acceptors (Lipinski definition) is 5. The summed E-state index contributed by atoms with van der Waals surface area (Å²) in [6.07, 6.45) is 0.289. The van der Waals surface area contributed by atoms with Crippen molar-refractivity contribution < 1.29 is 41.8 Å². The van der Waals surface area contributed by atoms with Crippen molar-refractivity contribution in [3.05, 3.63) is 64.9 Å². The average molecular weight is 588 g/mol. The van der Waals surface area contributed by atoms with Crippen LogP contribution >= 0.6 is 0 Å². The third kappa shape index (κ3) is 7.94. The molecule has 1 fully saturated rings. The van der Waals surface area contributed by atoms with Gasteiger partial charge in [0.15, 0.2) is 0 Å². The van der Waals surface area contributed by atoms with Crippen LogP contribution in [0.5, 0.6) is 17.2 Å². The third-order valence-electron chi connectivity index (χ3n) is 7.62. The lowest BCUT2D eigenvalue weighted by Gasteiger charge is -2.37. The van der Waals surface area contributed by atoms with E-state index in [0.717, 1.165) is 36.5 Å². The van der Waals surface area contributed by atoms with E-state index in [1.807, 2.05) is 6.92 Å². The molecule has 1 aliphatic heterocycles. The maximum absolute atomic E-state index is 13.2. The first-order valence-electron chi connectivity index (χ1n) is 14.1. The third-order valence-corrected chi connectivity index (χ3v) is 7.62. The SMILES string of the molecule is CCC/C(=C\c1cc(OCc2ccc3nc(C(F)(F)F)cc(OC)c3c2)ccc1OCC1CC[N+](C)(C)CC1)C(=O)O. The molecular formula is C32H38F3N2O5+. The minimum Gasteiger partial charge on any atom is -0.496 e. The molecule has 0 unspecified atom stereocenters. The molecule has 10 heteroatoms. The number of likely N-dealkylation sites (tertiary alicyclic amines) is 1. The highest BCUT2D eigenvalue weighted by atomic mass is 19.4. The van der Waals surface area contributed by atoms with Crippen LogP contribution in [0.15, 0.2) is 48.0 Å². The number of aliphatic carboxylic acids is 1. The Morgan fingerprint density at radius 1 is 1.07 bits per heavy atom. The van der Waals surface area contributed by atoms with Crippen LogP contribution in [0.3, 0.4) is 0 Å². The molecule has 1 saturated heterocycles. The number of methoxy groups -OCH3 is 1. The van der Waals surface area contributed by atoms with E-state index in [9.17, 15) is 23.1 Å². The number of rotatable bonds is 11. The van der Waals surface area contributed by atoms with Crippen LogP contribution in [-0.2, 0) is 17.6 Å². The molecule has 42 heavy (non-hydrogen) atoms. The Kier molecular flexibility index (Phi) is 9.66. The lowest BCUT2D eigenvalue weighted by molar-refractivity contribution is -0.896. The first-order valence-corrected chi connectivity index (χ1v) is 14.1. The van der Waals surface area contributed by atoms with Gasteiger partial charge in [0.1, 0.15) is 29.5 Å². The van der Waals surface area contributed by atoms with Gasteiger partial charge in [-0.15, -0.1) is 0 Å². The van der Waals surface area contributed by atoms with Crippen molar-refractivity contribution in [1.82, 2.24) is 4.98 Å². The number of pyridine rings is 1. The van der Waals surface area contributed by atoms with Crippen molar-refractivity contribution in [2.45, 2.75) is 45.4 Å². The van der Waals surface area contributed by atoms with Gasteiger partial charge in [0.2, 0.25) is 0 Å². The van der Waals surface area contributed by atoms with Crippen molar-refractivity contribution in [2.75, 3.05) is 40.9 Å². The Balaban J connectivity index is 1.55. The Hall–Kier alpha value is -3.79. The number of carboxylic acids is 1. The smallest absolute Gasteiger partial charge is 0.433 e. The van der Waals surface area contributed by atoms with Crippen molar-refractivity contribution >= 4 is 22.9 Å². The van der Waals surface area contributed by atoms with Crippen LogP contribution < -0.4 is 14.2 Å². The largest absolute Gasteiger partial charge is 0.496 e. The molecule has 0 aliphatic carbocycles. The van der Waals surface area contributed by atoms with Gasteiger partial charge in [0.25, 0.3) is 0 Å². The number of piperidine rings is 1. The second-order valence-corrected chi connectivity index (χ2v) is 11.4. The number of quaternary nitrogens is 1. The van der Waals surface area contributed by atoms with Gasteiger partial charge in [0.05, 0.1) is 46.4 Å². The lowest BCUT2D eigenvalue weighted by Crippen LogP contribution is -2.46. The van der Waals surface area contributed by atoms with E-state index in [4.69, 9.17) is 14.2 Å². The molecule has 2 heterocycles. The van der Waals surface area contributed by atoms with E-state index in [1.54, 1.807) is 36.4 Å². The predicted molar refractivity (Wildman–Crippen MR) is 155 cm³/mol. The fourth-order valence-corrected chi connectivity index (χ4v) is 5.07. The number of carbonyl (C=O) groups is 1. The molecular weight excluding hydrogens is 549 g/mol. The monoisotopic (exact) mass is 587 g/mol. The van der Waals surface area contributed by atoms with E-state index >= 15 is 0 Å². The van der Waals surface area contributed by atoms with Crippen molar-refractivity contribution in [1.29, 1.82) is 0 Å². The van der Waals surface area contributed by atoms with Crippen molar-refractivity contribution in [2.24, 2.45) is 5.92 Å². The van der Waals surface area contributed by atoms with E-state index in [1.165, 1.54) is 13.2 Å². The van der Waals surface area contributed by atoms with E-state index in [0.29, 0.717) is 53.4 Å². The van der Waals surface area contributed by atoms with Gasteiger partial charge in [-0.1, -0.05) is 19.4 Å².